The van der Waals surface area contributed by atoms with Crippen molar-refractivity contribution in [2.24, 2.45) is 5.41 Å². The van der Waals surface area contributed by atoms with Crippen LogP contribution in [-0.4, -0.2) is 28.8 Å². The molecule has 1 saturated carbocycles. The quantitative estimate of drug-likeness (QED) is 0.898. The number of fused-ring (bicyclic) bond motifs is 2. The van der Waals surface area contributed by atoms with E-state index in [0.717, 1.165) is 24.8 Å². The van der Waals surface area contributed by atoms with Gasteiger partial charge in [0.25, 0.3) is 0 Å². The van der Waals surface area contributed by atoms with Crippen molar-refractivity contribution in [3.63, 3.8) is 0 Å². The molecule has 4 heteroatoms. The first-order chi connectivity index (χ1) is 10.4. The van der Waals surface area contributed by atoms with Crippen LogP contribution in [0.25, 0.3) is 0 Å². The fourth-order valence-corrected chi connectivity index (χ4v) is 4.26. The van der Waals surface area contributed by atoms with E-state index in [0.29, 0.717) is 13.0 Å². The summed E-state index contributed by atoms with van der Waals surface area (Å²) in [5.41, 5.74) is -0.532. The van der Waals surface area contributed by atoms with E-state index in [-0.39, 0.29) is 12.5 Å². The van der Waals surface area contributed by atoms with Gasteiger partial charge in [0, 0.05) is 6.54 Å². The average Bonchev–Trinajstić information content (AvgIpc) is 2.69. The Morgan fingerprint density at radius 1 is 1.27 bits per heavy atom. The molecule has 120 valence electrons. The van der Waals surface area contributed by atoms with E-state index in [1.165, 1.54) is 0 Å². The summed E-state index contributed by atoms with van der Waals surface area (Å²) < 4.78 is 6.18. The highest BCUT2D eigenvalue weighted by Crippen LogP contribution is 2.59. The highest BCUT2D eigenvalue weighted by Gasteiger charge is 2.65. The highest BCUT2D eigenvalue weighted by molar-refractivity contribution is 5.84. The summed E-state index contributed by atoms with van der Waals surface area (Å²) in [5.74, 6) is 0.0522. The molecule has 1 aromatic carbocycles. The predicted octanol–water partition coefficient (Wildman–Crippen LogP) is 2.40. The van der Waals surface area contributed by atoms with Gasteiger partial charge in [0.2, 0.25) is 5.91 Å². The summed E-state index contributed by atoms with van der Waals surface area (Å²) >= 11 is 0. The van der Waals surface area contributed by atoms with Crippen molar-refractivity contribution in [2.45, 2.75) is 57.3 Å². The Hall–Kier alpha value is -1.39. The molecule has 4 nitrogen and oxygen atoms in total. The molecule has 22 heavy (non-hydrogen) atoms. The maximum absolute atomic E-state index is 13.0. The maximum Gasteiger partial charge on any atom is 0.229 e. The molecule has 2 bridgehead atoms. The zero-order valence-corrected chi connectivity index (χ0v) is 13.4. The van der Waals surface area contributed by atoms with Gasteiger partial charge in [0.05, 0.1) is 23.2 Å². The SMILES string of the molecule is CC1(C)O[C@]2(CO)CCC[C@@]1(C(=O)NCc1ccccc1)C2. The number of hydrogen-bond donors (Lipinski definition) is 2. The van der Waals surface area contributed by atoms with Gasteiger partial charge >= 0.3 is 0 Å². The third-order valence-electron chi connectivity index (χ3n) is 5.50. The van der Waals surface area contributed by atoms with E-state index in [9.17, 15) is 9.90 Å². The van der Waals surface area contributed by atoms with Gasteiger partial charge in [-0.3, -0.25) is 4.79 Å². The smallest absolute Gasteiger partial charge is 0.229 e. The third kappa shape index (κ3) is 2.34. The fourth-order valence-electron chi connectivity index (χ4n) is 4.26. The Bertz CT molecular complexity index is 557. The van der Waals surface area contributed by atoms with Crippen molar-refractivity contribution in [2.75, 3.05) is 6.61 Å². The van der Waals surface area contributed by atoms with Gasteiger partial charge in [-0.25, -0.2) is 0 Å². The number of carbonyl (C=O) groups is 1. The monoisotopic (exact) mass is 303 g/mol. The predicted molar refractivity (Wildman–Crippen MR) is 84.2 cm³/mol. The van der Waals surface area contributed by atoms with Gasteiger partial charge in [-0.15, -0.1) is 0 Å². The topological polar surface area (TPSA) is 58.6 Å². The van der Waals surface area contributed by atoms with E-state index < -0.39 is 16.6 Å². The van der Waals surface area contributed by atoms with E-state index in [1.807, 2.05) is 44.2 Å². The second kappa shape index (κ2) is 5.36. The molecule has 1 heterocycles. The van der Waals surface area contributed by atoms with E-state index >= 15 is 0 Å². The van der Waals surface area contributed by atoms with Crippen LogP contribution in [0.5, 0.6) is 0 Å². The number of aliphatic hydroxyl groups excluding tert-OH is 1. The Kier molecular flexibility index (Phi) is 3.77. The van der Waals surface area contributed by atoms with Gasteiger partial charge in [-0.1, -0.05) is 30.3 Å². The molecule has 1 aliphatic heterocycles. The van der Waals surface area contributed by atoms with Crippen molar-refractivity contribution < 1.29 is 14.6 Å². The first-order valence-electron chi connectivity index (χ1n) is 8.06. The van der Waals surface area contributed by atoms with E-state index in [1.54, 1.807) is 0 Å². The molecule has 1 saturated heterocycles. The minimum absolute atomic E-state index is 0.00978. The molecule has 0 radical (unpaired) electrons. The molecule has 3 rings (SSSR count). The molecule has 0 unspecified atom stereocenters. The van der Waals surface area contributed by atoms with Crippen LogP contribution >= 0.6 is 0 Å². The van der Waals surface area contributed by atoms with Crippen LogP contribution in [0.1, 0.15) is 45.1 Å². The second-order valence-electron chi connectivity index (χ2n) is 7.23. The lowest BCUT2D eigenvalue weighted by molar-refractivity contribution is -0.145. The van der Waals surface area contributed by atoms with Gasteiger partial charge in [-0.05, 0) is 45.1 Å². The maximum atomic E-state index is 13.0. The molecule has 0 spiro atoms. The zero-order valence-electron chi connectivity index (χ0n) is 13.4. The standard InChI is InChI=1S/C18H25NO3/c1-16(2)18(10-6-9-17(12-18,13-20)22-16)15(21)19-11-14-7-4-3-5-8-14/h3-5,7-8,20H,6,9-13H2,1-2H3,(H,19,21)/t17-,18+/m1/s1. The third-order valence-corrected chi connectivity index (χ3v) is 5.50. The Balaban J connectivity index is 1.78. The Morgan fingerprint density at radius 3 is 2.68 bits per heavy atom. The van der Waals surface area contributed by atoms with E-state index in [4.69, 9.17) is 4.74 Å². The molecule has 2 aliphatic rings. The summed E-state index contributed by atoms with van der Waals surface area (Å²) in [4.78, 5) is 13.0. The Labute approximate surface area is 131 Å². The first kappa shape index (κ1) is 15.5. The number of amides is 1. The molecule has 1 amide bonds. The van der Waals surface area contributed by atoms with Crippen molar-refractivity contribution >= 4 is 5.91 Å². The van der Waals surface area contributed by atoms with Crippen LogP contribution < -0.4 is 5.32 Å². The molecular weight excluding hydrogens is 278 g/mol. The zero-order chi connectivity index (χ0) is 15.8. The van der Waals surface area contributed by atoms with Crippen molar-refractivity contribution in [3.8, 4) is 0 Å². The fraction of sp³-hybridized carbons (Fsp3) is 0.611. The molecule has 1 aliphatic carbocycles. The number of carbonyl (C=O) groups excluding carboxylic acids is 1. The van der Waals surface area contributed by atoms with Crippen LogP contribution in [0.3, 0.4) is 0 Å². The lowest BCUT2D eigenvalue weighted by Crippen LogP contribution is -2.51. The molecular formula is C18H25NO3. The summed E-state index contributed by atoms with van der Waals surface area (Å²) in [6, 6.07) is 9.93. The minimum Gasteiger partial charge on any atom is -0.393 e. The second-order valence-corrected chi connectivity index (χ2v) is 7.23. The number of rotatable bonds is 4. The van der Waals surface area contributed by atoms with Crippen LogP contribution in [0.4, 0.5) is 0 Å². The normalized spacial score (nSPS) is 32.7. The molecule has 2 N–H and O–H groups in total. The number of hydrogen-bond acceptors (Lipinski definition) is 3. The first-order valence-corrected chi connectivity index (χ1v) is 8.06. The average molecular weight is 303 g/mol. The molecule has 2 atom stereocenters. The van der Waals surface area contributed by atoms with Crippen LogP contribution in [-0.2, 0) is 16.1 Å². The summed E-state index contributed by atoms with van der Waals surface area (Å²) in [7, 11) is 0. The van der Waals surface area contributed by atoms with E-state index in [2.05, 4.69) is 5.32 Å². The Morgan fingerprint density at radius 2 is 2.00 bits per heavy atom. The number of benzene rings is 1. The number of nitrogens with one attached hydrogen (secondary N) is 1. The molecule has 1 aromatic rings. The van der Waals surface area contributed by atoms with Crippen LogP contribution in [0.2, 0.25) is 0 Å². The highest BCUT2D eigenvalue weighted by atomic mass is 16.5. The van der Waals surface area contributed by atoms with Gasteiger partial charge in [0.15, 0.2) is 0 Å². The minimum atomic E-state index is -0.549. The summed E-state index contributed by atoms with van der Waals surface area (Å²) in [6.07, 6.45) is 3.19. The lowest BCUT2D eigenvalue weighted by atomic mass is 9.63. The van der Waals surface area contributed by atoms with Crippen molar-refractivity contribution in [1.82, 2.24) is 5.32 Å². The summed E-state index contributed by atoms with van der Waals surface area (Å²) in [6.45, 7) is 4.49. The van der Waals surface area contributed by atoms with Crippen molar-refractivity contribution in [1.29, 1.82) is 0 Å². The van der Waals surface area contributed by atoms with Gasteiger partial charge < -0.3 is 15.2 Å². The lowest BCUT2D eigenvalue weighted by Gasteiger charge is -2.39. The number of ether oxygens (including phenoxy) is 1. The van der Waals surface area contributed by atoms with Crippen LogP contribution in [0.15, 0.2) is 30.3 Å². The largest absolute Gasteiger partial charge is 0.393 e. The molecule has 0 aromatic heterocycles. The number of aliphatic hydroxyl groups is 1. The van der Waals surface area contributed by atoms with Gasteiger partial charge in [-0.2, -0.15) is 0 Å². The summed E-state index contributed by atoms with van der Waals surface area (Å²) in [5, 5.41) is 12.8. The van der Waals surface area contributed by atoms with Crippen molar-refractivity contribution in [3.05, 3.63) is 35.9 Å². The van der Waals surface area contributed by atoms with Gasteiger partial charge in [0.1, 0.15) is 0 Å². The van der Waals surface area contributed by atoms with Crippen LogP contribution in [0, 0.1) is 5.41 Å². The molecule has 2 fully saturated rings.